The van der Waals surface area contributed by atoms with Gasteiger partial charge in [-0.2, -0.15) is 0 Å². The van der Waals surface area contributed by atoms with Crippen molar-refractivity contribution < 1.29 is 9.21 Å². The zero-order chi connectivity index (χ0) is 13.8. The van der Waals surface area contributed by atoms with E-state index in [1.807, 2.05) is 17.0 Å². The maximum absolute atomic E-state index is 12.1. The molecule has 110 valence electrons. The van der Waals surface area contributed by atoms with Crippen molar-refractivity contribution in [1.29, 1.82) is 0 Å². The SMILES string of the molecule is O=C1CCCCCCN1Cc1ccc(CNC2CC2)o1. The van der Waals surface area contributed by atoms with Gasteiger partial charge in [0.05, 0.1) is 13.1 Å². The van der Waals surface area contributed by atoms with Crippen LogP contribution in [0.4, 0.5) is 0 Å². The normalized spacial score (nSPS) is 20.8. The fourth-order valence-corrected chi connectivity index (χ4v) is 2.71. The molecule has 1 aromatic heterocycles. The third-order valence-electron chi connectivity index (χ3n) is 4.13. The van der Waals surface area contributed by atoms with Crippen molar-refractivity contribution in [2.24, 2.45) is 0 Å². The third kappa shape index (κ3) is 3.85. The molecule has 0 spiro atoms. The molecule has 4 nitrogen and oxygen atoms in total. The molecule has 3 rings (SSSR count). The minimum Gasteiger partial charge on any atom is -0.463 e. The number of carbonyl (C=O) groups excluding carboxylic acids is 1. The fraction of sp³-hybridized carbons (Fsp3) is 0.688. The Morgan fingerprint density at radius 1 is 1.15 bits per heavy atom. The van der Waals surface area contributed by atoms with Gasteiger partial charge in [-0.15, -0.1) is 0 Å². The van der Waals surface area contributed by atoms with E-state index in [9.17, 15) is 4.79 Å². The largest absolute Gasteiger partial charge is 0.463 e. The molecule has 4 heteroatoms. The molecule has 1 aromatic rings. The molecule has 0 bridgehead atoms. The molecule has 0 unspecified atom stereocenters. The van der Waals surface area contributed by atoms with Gasteiger partial charge in [0.2, 0.25) is 5.91 Å². The van der Waals surface area contributed by atoms with E-state index in [0.29, 0.717) is 19.0 Å². The number of nitrogens with one attached hydrogen (secondary N) is 1. The summed E-state index contributed by atoms with van der Waals surface area (Å²) in [6.45, 7) is 2.30. The molecule has 1 aliphatic heterocycles. The monoisotopic (exact) mass is 276 g/mol. The van der Waals surface area contributed by atoms with Crippen LogP contribution in [0.15, 0.2) is 16.5 Å². The number of rotatable bonds is 5. The smallest absolute Gasteiger partial charge is 0.222 e. The first-order valence-electron chi connectivity index (χ1n) is 7.90. The first-order valence-corrected chi connectivity index (χ1v) is 7.90. The summed E-state index contributed by atoms with van der Waals surface area (Å²) < 4.78 is 5.83. The summed E-state index contributed by atoms with van der Waals surface area (Å²) in [5.41, 5.74) is 0. The predicted molar refractivity (Wildman–Crippen MR) is 77.1 cm³/mol. The summed E-state index contributed by atoms with van der Waals surface area (Å²) >= 11 is 0. The van der Waals surface area contributed by atoms with Gasteiger partial charge < -0.3 is 14.6 Å². The van der Waals surface area contributed by atoms with Gasteiger partial charge >= 0.3 is 0 Å². The Balaban J connectivity index is 1.53. The van der Waals surface area contributed by atoms with Gasteiger partial charge in [-0.1, -0.05) is 12.8 Å². The molecule has 0 radical (unpaired) electrons. The summed E-state index contributed by atoms with van der Waals surface area (Å²) in [5, 5.41) is 3.44. The fourth-order valence-electron chi connectivity index (χ4n) is 2.71. The van der Waals surface area contributed by atoms with E-state index in [2.05, 4.69) is 5.32 Å². The topological polar surface area (TPSA) is 45.5 Å². The van der Waals surface area contributed by atoms with E-state index in [-0.39, 0.29) is 5.91 Å². The average molecular weight is 276 g/mol. The number of nitrogens with zero attached hydrogens (tertiary/aromatic N) is 1. The predicted octanol–water partition coefficient (Wildman–Crippen LogP) is 2.82. The van der Waals surface area contributed by atoms with E-state index in [4.69, 9.17) is 4.42 Å². The molecule has 2 fully saturated rings. The van der Waals surface area contributed by atoms with E-state index in [1.54, 1.807) is 0 Å². The number of hydrogen-bond donors (Lipinski definition) is 1. The Hall–Kier alpha value is -1.29. The van der Waals surface area contributed by atoms with Gasteiger partial charge in [0.1, 0.15) is 11.5 Å². The Kier molecular flexibility index (Phi) is 4.41. The summed E-state index contributed by atoms with van der Waals surface area (Å²) in [7, 11) is 0. The molecule has 1 saturated carbocycles. The van der Waals surface area contributed by atoms with Crippen LogP contribution >= 0.6 is 0 Å². The van der Waals surface area contributed by atoms with Crippen LogP contribution in [0, 0.1) is 0 Å². The van der Waals surface area contributed by atoms with Gasteiger partial charge in [0.25, 0.3) is 0 Å². The van der Waals surface area contributed by atoms with Crippen molar-refractivity contribution in [3.05, 3.63) is 23.7 Å². The van der Waals surface area contributed by atoms with Crippen LogP contribution in [0.25, 0.3) is 0 Å². The van der Waals surface area contributed by atoms with E-state index >= 15 is 0 Å². The van der Waals surface area contributed by atoms with Crippen molar-refractivity contribution in [3.63, 3.8) is 0 Å². The summed E-state index contributed by atoms with van der Waals surface area (Å²) in [6.07, 6.45) is 7.84. The van der Waals surface area contributed by atoms with Gasteiger partial charge in [-0.3, -0.25) is 4.79 Å². The van der Waals surface area contributed by atoms with E-state index in [0.717, 1.165) is 37.5 Å². The molecule has 2 heterocycles. The Labute approximate surface area is 120 Å². The highest BCUT2D eigenvalue weighted by Gasteiger charge is 2.21. The Morgan fingerprint density at radius 2 is 1.95 bits per heavy atom. The van der Waals surface area contributed by atoms with Crippen LogP contribution < -0.4 is 5.32 Å². The molecule has 0 aromatic carbocycles. The molecule has 1 amide bonds. The average Bonchev–Trinajstić information content (AvgIpc) is 3.16. The van der Waals surface area contributed by atoms with Gasteiger partial charge in [0.15, 0.2) is 0 Å². The van der Waals surface area contributed by atoms with Gasteiger partial charge in [-0.25, -0.2) is 0 Å². The van der Waals surface area contributed by atoms with Crippen molar-refractivity contribution in [3.8, 4) is 0 Å². The minimum atomic E-state index is 0.277. The highest BCUT2D eigenvalue weighted by Crippen LogP contribution is 2.20. The zero-order valence-corrected chi connectivity index (χ0v) is 12.1. The number of amides is 1. The van der Waals surface area contributed by atoms with Crippen molar-refractivity contribution in [2.75, 3.05) is 6.54 Å². The van der Waals surface area contributed by atoms with Crippen LogP contribution in [-0.2, 0) is 17.9 Å². The summed E-state index contributed by atoms with van der Waals surface area (Å²) in [4.78, 5) is 14.0. The van der Waals surface area contributed by atoms with Crippen molar-refractivity contribution in [1.82, 2.24) is 10.2 Å². The van der Waals surface area contributed by atoms with Crippen molar-refractivity contribution in [2.45, 2.75) is 64.1 Å². The number of furan rings is 1. The lowest BCUT2D eigenvalue weighted by Crippen LogP contribution is -2.32. The number of likely N-dealkylation sites (tertiary alicyclic amines) is 1. The van der Waals surface area contributed by atoms with Gasteiger partial charge in [0, 0.05) is 19.0 Å². The lowest BCUT2D eigenvalue weighted by atomic mass is 10.1. The third-order valence-corrected chi connectivity index (χ3v) is 4.13. The van der Waals surface area contributed by atoms with Crippen molar-refractivity contribution >= 4 is 5.91 Å². The maximum atomic E-state index is 12.1. The number of hydrogen-bond acceptors (Lipinski definition) is 3. The molecule has 0 atom stereocenters. The Morgan fingerprint density at radius 3 is 2.80 bits per heavy atom. The second kappa shape index (κ2) is 6.44. The lowest BCUT2D eigenvalue weighted by Gasteiger charge is -2.23. The zero-order valence-electron chi connectivity index (χ0n) is 12.1. The van der Waals surface area contributed by atoms with E-state index in [1.165, 1.54) is 25.7 Å². The standard InChI is InChI=1S/C16H24N2O2/c19-16-5-3-1-2-4-10-18(16)12-15-9-8-14(20-15)11-17-13-6-7-13/h8-9,13,17H,1-7,10-12H2. The molecule has 1 N–H and O–H groups in total. The van der Waals surface area contributed by atoms with Crippen LogP contribution in [0.1, 0.15) is 56.5 Å². The van der Waals surface area contributed by atoms with Crippen LogP contribution in [0.5, 0.6) is 0 Å². The second-order valence-electron chi connectivity index (χ2n) is 6.00. The van der Waals surface area contributed by atoms with Gasteiger partial charge in [-0.05, 0) is 37.8 Å². The minimum absolute atomic E-state index is 0.277. The highest BCUT2D eigenvalue weighted by atomic mass is 16.3. The van der Waals surface area contributed by atoms with Crippen LogP contribution in [-0.4, -0.2) is 23.4 Å². The van der Waals surface area contributed by atoms with Crippen LogP contribution in [0.3, 0.4) is 0 Å². The summed E-state index contributed by atoms with van der Waals surface area (Å²) in [6, 6.07) is 4.73. The molecular formula is C16H24N2O2. The maximum Gasteiger partial charge on any atom is 0.222 e. The molecule has 20 heavy (non-hydrogen) atoms. The highest BCUT2D eigenvalue weighted by molar-refractivity contribution is 5.76. The molecule has 1 saturated heterocycles. The van der Waals surface area contributed by atoms with Crippen LogP contribution in [0.2, 0.25) is 0 Å². The first kappa shape index (κ1) is 13.7. The summed E-state index contributed by atoms with van der Waals surface area (Å²) in [5.74, 6) is 2.16. The second-order valence-corrected chi connectivity index (χ2v) is 6.00. The lowest BCUT2D eigenvalue weighted by molar-refractivity contribution is -0.132. The molecule has 2 aliphatic rings. The molecular weight excluding hydrogens is 252 g/mol. The first-order chi connectivity index (χ1) is 9.81. The Bertz CT molecular complexity index is 451. The van der Waals surface area contributed by atoms with E-state index < -0.39 is 0 Å². The molecule has 1 aliphatic carbocycles. The quantitative estimate of drug-likeness (QED) is 0.899. The number of carbonyl (C=O) groups is 1.